The highest BCUT2D eigenvalue weighted by Gasteiger charge is 2.30. The Morgan fingerprint density at radius 3 is 2.78 bits per heavy atom. The van der Waals surface area contributed by atoms with E-state index in [9.17, 15) is 4.79 Å². The molecule has 6 nitrogen and oxygen atoms in total. The fourth-order valence-electron chi connectivity index (χ4n) is 2.92. The van der Waals surface area contributed by atoms with Crippen molar-refractivity contribution in [2.75, 3.05) is 0 Å². The summed E-state index contributed by atoms with van der Waals surface area (Å²) in [6.07, 6.45) is 2.26. The molecule has 1 fully saturated rings. The number of nitrogens with zero attached hydrogens (tertiary/aromatic N) is 4. The third-order valence-corrected chi connectivity index (χ3v) is 5.77. The van der Waals surface area contributed by atoms with Gasteiger partial charge in [0.25, 0.3) is 5.56 Å². The summed E-state index contributed by atoms with van der Waals surface area (Å²) in [7, 11) is 0. The lowest BCUT2D eigenvalue weighted by Gasteiger charge is -2.16. The van der Waals surface area contributed by atoms with Gasteiger partial charge in [-0.05, 0) is 43.9 Å². The van der Waals surface area contributed by atoms with E-state index in [1.54, 1.807) is 22.8 Å². The van der Waals surface area contributed by atoms with Crippen LogP contribution in [0.2, 0.25) is 5.02 Å². The van der Waals surface area contributed by atoms with Crippen molar-refractivity contribution in [2.24, 2.45) is 5.92 Å². The average Bonchev–Trinajstić information content (AvgIpc) is 3.35. The number of rotatable bonds is 6. The van der Waals surface area contributed by atoms with Gasteiger partial charge < -0.3 is 4.52 Å². The van der Waals surface area contributed by atoms with Crippen LogP contribution in [0, 0.1) is 5.92 Å². The van der Waals surface area contributed by atoms with Crippen LogP contribution in [0.1, 0.15) is 56.5 Å². The zero-order valence-corrected chi connectivity index (χ0v) is 17.0. The normalized spacial score (nSPS) is 15.6. The Labute approximate surface area is 166 Å². The van der Waals surface area contributed by atoms with E-state index >= 15 is 0 Å². The summed E-state index contributed by atoms with van der Waals surface area (Å²) in [4.78, 5) is 22.3. The van der Waals surface area contributed by atoms with Gasteiger partial charge in [-0.2, -0.15) is 4.98 Å². The molecule has 1 aliphatic rings. The van der Waals surface area contributed by atoms with E-state index in [0.29, 0.717) is 45.4 Å². The molecule has 1 atom stereocenters. The largest absolute Gasteiger partial charge is 0.338 e. The highest BCUT2D eigenvalue weighted by molar-refractivity contribution is 7.99. The molecule has 3 aromatic rings. The Balaban J connectivity index is 1.71. The van der Waals surface area contributed by atoms with Crippen LogP contribution in [0.3, 0.4) is 0 Å². The van der Waals surface area contributed by atoms with Crippen LogP contribution in [0.15, 0.2) is 32.7 Å². The Hall–Kier alpha value is -1.86. The molecule has 2 heterocycles. The fourth-order valence-corrected chi connectivity index (χ4v) is 4.04. The molecule has 27 heavy (non-hydrogen) atoms. The molecule has 2 aromatic heterocycles. The molecule has 1 saturated carbocycles. The molecule has 0 spiro atoms. The van der Waals surface area contributed by atoms with Crippen molar-refractivity contribution in [2.45, 2.75) is 56.5 Å². The molecule has 0 amide bonds. The van der Waals surface area contributed by atoms with E-state index in [-0.39, 0.29) is 10.8 Å². The summed E-state index contributed by atoms with van der Waals surface area (Å²) < 4.78 is 7.16. The van der Waals surface area contributed by atoms with Gasteiger partial charge in [0.2, 0.25) is 5.89 Å². The van der Waals surface area contributed by atoms with Gasteiger partial charge >= 0.3 is 0 Å². The van der Waals surface area contributed by atoms with Gasteiger partial charge in [-0.25, -0.2) is 4.98 Å². The third-order valence-electron chi connectivity index (χ3n) is 4.46. The molecule has 1 aromatic carbocycles. The summed E-state index contributed by atoms with van der Waals surface area (Å²) in [6.45, 7) is 6.73. The van der Waals surface area contributed by atoms with Crippen molar-refractivity contribution < 1.29 is 4.52 Å². The summed E-state index contributed by atoms with van der Waals surface area (Å²) in [5.41, 5.74) is 0.568. The van der Waals surface area contributed by atoms with E-state index in [0.717, 1.165) is 18.7 Å². The van der Waals surface area contributed by atoms with Crippen LogP contribution in [0.5, 0.6) is 0 Å². The number of hydrogen-bond acceptors (Lipinski definition) is 6. The van der Waals surface area contributed by atoms with Crippen LogP contribution in [0.4, 0.5) is 0 Å². The van der Waals surface area contributed by atoms with Gasteiger partial charge in [-0.1, -0.05) is 42.4 Å². The smallest absolute Gasteiger partial charge is 0.262 e. The maximum atomic E-state index is 13.1. The average molecular weight is 405 g/mol. The highest BCUT2D eigenvalue weighted by atomic mass is 35.5. The molecule has 4 rings (SSSR count). The van der Waals surface area contributed by atoms with Crippen molar-refractivity contribution >= 4 is 34.3 Å². The molecular formula is C19H21ClN4O2S. The number of aromatic nitrogens is 4. The Morgan fingerprint density at radius 2 is 2.07 bits per heavy atom. The fraction of sp³-hybridized carbons (Fsp3) is 0.474. The van der Waals surface area contributed by atoms with Crippen molar-refractivity contribution in [3.05, 3.63) is 45.3 Å². The van der Waals surface area contributed by atoms with Crippen LogP contribution < -0.4 is 5.56 Å². The van der Waals surface area contributed by atoms with Gasteiger partial charge in [-0.15, -0.1) is 0 Å². The van der Waals surface area contributed by atoms with Gasteiger partial charge in [-0.3, -0.25) is 9.36 Å². The predicted octanol–water partition coefficient (Wildman–Crippen LogP) is 4.82. The van der Waals surface area contributed by atoms with E-state index in [2.05, 4.69) is 24.0 Å². The topological polar surface area (TPSA) is 73.8 Å². The molecule has 0 N–H and O–H groups in total. The van der Waals surface area contributed by atoms with E-state index in [4.69, 9.17) is 21.1 Å². The van der Waals surface area contributed by atoms with Gasteiger partial charge in [0.1, 0.15) is 0 Å². The van der Waals surface area contributed by atoms with Crippen LogP contribution in [-0.2, 0) is 6.54 Å². The maximum Gasteiger partial charge on any atom is 0.262 e. The number of hydrogen-bond donors (Lipinski definition) is 0. The first-order chi connectivity index (χ1) is 12.9. The van der Waals surface area contributed by atoms with Crippen molar-refractivity contribution in [3.8, 4) is 0 Å². The summed E-state index contributed by atoms with van der Waals surface area (Å²) >= 11 is 7.54. The lowest BCUT2D eigenvalue weighted by molar-refractivity contribution is 0.374. The minimum Gasteiger partial charge on any atom is -0.338 e. The molecule has 0 saturated heterocycles. The molecule has 142 valence electrons. The first kappa shape index (κ1) is 18.5. The Bertz CT molecular complexity index is 1040. The molecule has 0 aliphatic heterocycles. The standard InChI is InChI=1S/C19H21ClN4O2S/c1-10(2)9-24-18(25)14-8-13(20)6-7-15(14)21-19(24)27-11(3)17-22-16(23-26-17)12-4-5-12/h6-8,10-12H,4-5,9H2,1-3H3. The van der Waals surface area contributed by atoms with E-state index in [1.165, 1.54) is 11.8 Å². The number of fused-ring (bicyclic) bond motifs is 1. The number of benzene rings is 1. The van der Waals surface area contributed by atoms with E-state index < -0.39 is 0 Å². The minimum atomic E-state index is -0.0972. The third kappa shape index (κ3) is 3.89. The molecule has 8 heteroatoms. The van der Waals surface area contributed by atoms with Crippen molar-refractivity contribution in [1.29, 1.82) is 0 Å². The molecule has 0 bridgehead atoms. The maximum absolute atomic E-state index is 13.1. The first-order valence-corrected chi connectivity index (χ1v) is 10.4. The summed E-state index contributed by atoms with van der Waals surface area (Å²) in [5, 5.41) is 5.71. The van der Waals surface area contributed by atoms with Crippen LogP contribution in [0.25, 0.3) is 10.9 Å². The lowest BCUT2D eigenvalue weighted by atomic mass is 10.2. The highest BCUT2D eigenvalue weighted by Crippen LogP contribution is 2.40. The second kappa shape index (κ2) is 7.28. The Kier molecular flexibility index (Phi) is 4.99. The molecular weight excluding hydrogens is 384 g/mol. The van der Waals surface area contributed by atoms with Gasteiger partial charge in [0.05, 0.1) is 16.2 Å². The molecule has 1 aliphatic carbocycles. The zero-order valence-electron chi connectivity index (χ0n) is 15.5. The predicted molar refractivity (Wildman–Crippen MR) is 106 cm³/mol. The second-order valence-corrected chi connectivity index (χ2v) is 9.14. The number of thioether (sulfide) groups is 1. The summed E-state index contributed by atoms with van der Waals surface area (Å²) in [6, 6.07) is 5.22. The van der Waals surface area contributed by atoms with Gasteiger partial charge in [0.15, 0.2) is 11.0 Å². The minimum absolute atomic E-state index is 0.0740. The lowest BCUT2D eigenvalue weighted by Crippen LogP contribution is -2.25. The summed E-state index contributed by atoms with van der Waals surface area (Å²) in [5.74, 6) is 2.12. The quantitative estimate of drug-likeness (QED) is 0.433. The van der Waals surface area contributed by atoms with E-state index in [1.807, 2.05) is 6.92 Å². The van der Waals surface area contributed by atoms with Crippen LogP contribution >= 0.6 is 23.4 Å². The first-order valence-electron chi connectivity index (χ1n) is 9.12. The zero-order chi connectivity index (χ0) is 19.1. The van der Waals surface area contributed by atoms with Crippen molar-refractivity contribution in [1.82, 2.24) is 19.7 Å². The van der Waals surface area contributed by atoms with Gasteiger partial charge in [0, 0.05) is 17.5 Å². The molecule has 1 unspecified atom stereocenters. The molecule has 0 radical (unpaired) electrons. The monoisotopic (exact) mass is 404 g/mol. The van der Waals surface area contributed by atoms with Crippen molar-refractivity contribution in [3.63, 3.8) is 0 Å². The number of halogens is 1. The van der Waals surface area contributed by atoms with Crippen LogP contribution in [-0.4, -0.2) is 19.7 Å². The second-order valence-electron chi connectivity index (χ2n) is 7.39. The SMILES string of the molecule is CC(C)Cn1c(SC(C)c2nc(C3CC3)no2)nc2ccc(Cl)cc2c1=O. The Morgan fingerprint density at radius 1 is 1.30 bits per heavy atom.